The van der Waals surface area contributed by atoms with Gasteiger partial charge in [0.15, 0.2) is 0 Å². The molecule has 1 N–H and O–H groups in total. The first-order chi connectivity index (χ1) is 8.59. The Morgan fingerprint density at radius 2 is 1.89 bits per heavy atom. The molecular formula is C13H13F2NO2. The van der Waals surface area contributed by atoms with E-state index in [4.69, 9.17) is 4.74 Å². The number of halogens is 2. The molecule has 0 aliphatic carbocycles. The minimum atomic E-state index is -2.53. The van der Waals surface area contributed by atoms with E-state index in [9.17, 15) is 19.1 Å². The Morgan fingerprint density at radius 1 is 1.28 bits per heavy atom. The lowest BCUT2D eigenvalue weighted by atomic mass is 9.79. The average Bonchev–Trinajstić information content (AvgIpc) is 2.88. The Balaban J connectivity index is 2.23. The summed E-state index contributed by atoms with van der Waals surface area (Å²) in [5, 5.41) is 19.4. The number of nitrogens with zero attached hydrogens (tertiary/aromatic N) is 1. The minimum Gasteiger partial charge on any atom is -0.387 e. The molecule has 2 unspecified atom stereocenters. The van der Waals surface area contributed by atoms with Crippen LogP contribution in [-0.2, 0) is 4.74 Å². The lowest BCUT2D eigenvalue weighted by molar-refractivity contribution is 0.0503. The van der Waals surface area contributed by atoms with Gasteiger partial charge in [0.25, 0.3) is 6.43 Å². The van der Waals surface area contributed by atoms with Crippen molar-refractivity contribution in [2.45, 2.75) is 19.0 Å². The third-order valence-electron chi connectivity index (χ3n) is 3.30. The maximum Gasteiger partial charge on any atom is 0.263 e. The molecule has 5 heteroatoms. The Bertz CT molecular complexity index is 447. The van der Waals surface area contributed by atoms with Gasteiger partial charge in [-0.05, 0) is 12.0 Å². The molecule has 0 amide bonds. The lowest BCUT2D eigenvalue weighted by Gasteiger charge is -2.25. The topological polar surface area (TPSA) is 53.2 Å². The number of ether oxygens (including phenoxy) is 1. The number of benzene rings is 1. The summed E-state index contributed by atoms with van der Waals surface area (Å²) in [5.41, 5.74) is -0.599. The number of nitriles is 1. The zero-order valence-corrected chi connectivity index (χ0v) is 9.64. The molecule has 1 aromatic rings. The summed E-state index contributed by atoms with van der Waals surface area (Å²) in [4.78, 5) is 0. The van der Waals surface area contributed by atoms with E-state index in [1.54, 1.807) is 0 Å². The van der Waals surface area contributed by atoms with Gasteiger partial charge in [0.05, 0.1) is 18.8 Å². The average molecular weight is 253 g/mol. The molecule has 0 radical (unpaired) electrons. The van der Waals surface area contributed by atoms with Gasteiger partial charge in [0.2, 0.25) is 0 Å². The number of aliphatic hydroxyl groups is 1. The molecule has 0 saturated carbocycles. The zero-order valence-electron chi connectivity index (χ0n) is 9.64. The molecule has 0 spiro atoms. The van der Waals surface area contributed by atoms with E-state index in [0.717, 1.165) is 0 Å². The summed E-state index contributed by atoms with van der Waals surface area (Å²) in [6.07, 6.45) is -3.10. The normalized spacial score (nSPS) is 25.1. The molecule has 2 rings (SSSR count). The Kier molecular flexibility index (Phi) is 3.60. The van der Waals surface area contributed by atoms with Crippen LogP contribution in [0.5, 0.6) is 0 Å². The van der Waals surface area contributed by atoms with Gasteiger partial charge in [-0.2, -0.15) is 5.26 Å². The van der Waals surface area contributed by atoms with Gasteiger partial charge < -0.3 is 9.84 Å². The molecule has 3 nitrogen and oxygen atoms in total. The molecule has 1 heterocycles. The molecule has 1 aliphatic rings. The molecule has 96 valence electrons. The summed E-state index contributed by atoms with van der Waals surface area (Å²) < 4.78 is 30.0. The summed E-state index contributed by atoms with van der Waals surface area (Å²) in [5.74, 6) is 0. The van der Waals surface area contributed by atoms with E-state index in [1.165, 1.54) is 24.3 Å². The van der Waals surface area contributed by atoms with Crippen molar-refractivity contribution >= 4 is 0 Å². The van der Waals surface area contributed by atoms with Gasteiger partial charge in [0, 0.05) is 12.2 Å². The molecular weight excluding hydrogens is 240 g/mol. The maximum absolute atomic E-state index is 12.4. The number of alkyl halides is 2. The highest BCUT2D eigenvalue weighted by Gasteiger charge is 2.43. The van der Waals surface area contributed by atoms with Crippen molar-refractivity contribution in [1.29, 1.82) is 5.26 Å². The Hall–Kier alpha value is -1.51. The van der Waals surface area contributed by atoms with Crippen molar-refractivity contribution in [3.05, 3.63) is 35.4 Å². The van der Waals surface area contributed by atoms with Gasteiger partial charge in [0.1, 0.15) is 5.41 Å². The molecule has 18 heavy (non-hydrogen) atoms. The molecule has 0 aromatic heterocycles. The standard InChI is InChI=1S/C13H13F2NO2/c14-12(15)10-3-1-9(2-4-10)11(17)13(7-16)5-6-18-8-13/h1-4,11-12,17H,5-6,8H2. The van der Waals surface area contributed by atoms with Crippen LogP contribution in [0.3, 0.4) is 0 Å². The maximum atomic E-state index is 12.4. The second-order valence-electron chi connectivity index (χ2n) is 4.44. The molecule has 1 fully saturated rings. The molecule has 1 aromatic carbocycles. The van der Waals surface area contributed by atoms with Crippen molar-refractivity contribution in [3.63, 3.8) is 0 Å². The summed E-state index contributed by atoms with van der Waals surface area (Å²) in [7, 11) is 0. The molecule has 1 aliphatic heterocycles. The van der Waals surface area contributed by atoms with E-state index in [1.807, 2.05) is 0 Å². The quantitative estimate of drug-likeness (QED) is 0.900. The highest BCUT2D eigenvalue weighted by atomic mass is 19.3. The second-order valence-corrected chi connectivity index (χ2v) is 4.44. The van der Waals surface area contributed by atoms with Gasteiger partial charge in [-0.1, -0.05) is 24.3 Å². The third kappa shape index (κ3) is 2.22. The van der Waals surface area contributed by atoms with E-state index in [2.05, 4.69) is 6.07 Å². The van der Waals surface area contributed by atoms with E-state index in [-0.39, 0.29) is 12.2 Å². The van der Waals surface area contributed by atoms with Crippen LogP contribution in [0.25, 0.3) is 0 Å². The summed E-state index contributed by atoms with van der Waals surface area (Å²) in [6, 6.07) is 7.49. The van der Waals surface area contributed by atoms with Gasteiger partial charge in [-0.15, -0.1) is 0 Å². The van der Waals surface area contributed by atoms with Crippen molar-refractivity contribution in [1.82, 2.24) is 0 Å². The van der Waals surface area contributed by atoms with Crippen molar-refractivity contribution in [2.24, 2.45) is 5.41 Å². The fourth-order valence-electron chi connectivity index (χ4n) is 2.09. The number of rotatable bonds is 3. The molecule has 0 bridgehead atoms. The van der Waals surface area contributed by atoms with E-state index < -0.39 is 17.9 Å². The minimum absolute atomic E-state index is 0.0976. The number of aliphatic hydroxyl groups excluding tert-OH is 1. The van der Waals surface area contributed by atoms with Crippen LogP contribution in [-0.4, -0.2) is 18.3 Å². The molecule has 2 atom stereocenters. The van der Waals surface area contributed by atoms with Crippen LogP contribution in [0.2, 0.25) is 0 Å². The Labute approximate surface area is 104 Å². The summed E-state index contributed by atoms with van der Waals surface area (Å²) >= 11 is 0. The zero-order chi connectivity index (χ0) is 13.2. The first-order valence-corrected chi connectivity index (χ1v) is 5.64. The fraction of sp³-hybridized carbons (Fsp3) is 0.462. The smallest absolute Gasteiger partial charge is 0.263 e. The number of hydrogen-bond donors (Lipinski definition) is 1. The van der Waals surface area contributed by atoms with Gasteiger partial charge in [-0.25, -0.2) is 8.78 Å². The van der Waals surface area contributed by atoms with Crippen LogP contribution in [0.15, 0.2) is 24.3 Å². The van der Waals surface area contributed by atoms with E-state index in [0.29, 0.717) is 18.6 Å². The third-order valence-corrected chi connectivity index (χ3v) is 3.30. The van der Waals surface area contributed by atoms with Crippen LogP contribution in [0, 0.1) is 16.7 Å². The predicted octanol–water partition coefficient (Wildman–Crippen LogP) is 2.59. The van der Waals surface area contributed by atoms with E-state index >= 15 is 0 Å². The highest BCUT2D eigenvalue weighted by Crippen LogP contribution is 2.40. The van der Waals surface area contributed by atoms with Crippen molar-refractivity contribution in [2.75, 3.05) is 13.2 Å². The van der Waals surface area contributed by atoms with Crippen LogP contribution >= 0.6 is 0 Å². The first kappa shape index (κ1) is 12.9. The SMILES string of the molecule is N#CC1(C(O)c2ccc(C(F)F)cc2)CCOC1. The number of hydrogen-bond acceptors (Lipinski definition) is 3. The van der Waals surface area contributed by atoms with Crippen LogP contribution in [0.4, 0.5) is 8.78 Å². The monoisotopic (exact) mass is 253 g/mol. The first-order valence-electron chi connectivity index (χ1n) is 5.64. The van der Waals surface area contributed by atoms with Gasteiger partial charge >= 0.3 is 0 Å². The highest BCUT2D eigenvalue weighted by molar-refractivity contribution is 5.28. The predicted molar refractivity (Wildman–Crippen MR) is 59.8 cm³/mol. The van der Waals surface area contributed by atoms with Crippen molar-refractivity contribution < 1.29 is 18.6 Å². The second kappa shape index (κ2) is 5.01. The van der Waals surface area contributed by atoms with Gasteiger partial charge in [-0.3, -0.25) is 0 Å². The lowest BCUT2D eigenvalue weighted by Crippen LogP contribution is -2.27. The van der Waals surface area contributed by atoms with Crippen LogP contribution in [0.1, 0.15) is 30.1 Å². The summed E-state index contributed by atoms with van der Waals surface area (Å²) in [6.45, 7) is 0.598. The van der Waals surface area contributed by atoms with Crippen LogP contribution < -0.4 is 0 Å². The van der Waals surface area contributed by atoms with Crippen molar-refractivity contribution in [3.8, 4) is 6.07 Å². The fourth-order valence-corrected chi connectivity index (χ4v) is 2.09. The molecule has 1 saturated heterocycles. The Morgan fingerprint density at radius 3 is 2.33 bits per heavy atom. The largest absolute Gasteiger partial charge is 0.387 e.